The Morgan fingerprint density at radius 2 is 2.08 bits per heavy atom. The number of fused-ring (bicyclic) bond motifs is 1. The molecule has 206 valence electrons. The van der Waals surface area contributed by atoms with Crippen molar-refractivity contribution in [3.8, 4) is 0 Å². The average Bonchev–Trinajstić information content (AvgIpc) is 3.56. The molecule has 0 spiro atoms. The van der Waals surface area contributed by atoms with Crippen molar-refractivity contribution in [2.24, 2.45) is 11.8 Å². The fourth-order valence-corrected chi connectivity index (χ4v) is 6.04. The van der Waals surface area contributed by atoms with Gasteiger partial charge in [0.2, 0.25) is 5.91 Å². The summed E-state index contributed by atoms with van der Waals surface area (Å²) in [6.07, 6.45) is 6.16. The van der Waals surface area contributed by atoms with Gasteiger partial charge < -0.3 is 15.5 Å². The molecule has 2 fully saturated rings. The van der Waals surface area contributed by atoms with Crippen molar-refractivity contribution in [1.29, 1.82) is 0 Å². The van der Waals surface area contributed by atoms with Gasteiger partial charge in [0.25, 0.3) is 5.91 Å². The zero-order chi connectivity index (χ0) is 27.2. The lowest BCUT2D eigenvalue weighted by atomic mass is 9.89. The van der Waals surface area contributed by atoms with Crippen molar-refractivity contribution in [1.82, 2.24) is 15.1 Å². The number of rotatable bonds is 10. The fraction of sp³-hybridized carbons (Fsp3) is 0.593. The minimum absolute atomic E-state index is 0.00431. The van der Waals surface area contributed by atoms with E-state index >= 15 is 0 Å². The molecule has 2 N–H and O–H groups in total. The fourth-order valence-electron chi connectivity index (χ4n) is 5.39. The van der Waals surface area contributed by atoms with Crippen LogP contribution in [0.15, 0.2) is 18.2 Å². The summed E-state index contributed by atoms with van der Waals surface area (Å²) in [4.78, 5) is 28.1. The molecule has 8 nitrogen and oxygen atoms in total. The van der Waals surface area contributed by atoms with Gasteiger partial charge in [0.15, 0.2) is 0 Å². The number of hydrogen-bond acceptors (Lipinski definition) is 5. The van der Waals surface area contributed by atoms with Crippen LogP contribution in [0.5, 0.6) is 0 Å². The summed E-state index contributed by atoms with van der Waals surface area (Å²) < 4.78 is 27.6. The van der Waals surface area contributed by atoms with Crippen LogP contribution in [0, 0.1) is 11.8 Å². The molecule has 1 saturated carbocycles. The lowest BCUT2D eigenvalue weighted by Crippen LogP contribution is -2.53. The van der Waals surface area contributed by atoms with Crippen molar-refractivity contribution >= 4 is 43.4 Å². The molecule has 2 aromatic rings. The highest BCUT2D eigenvalue weighted by atomic mass is 32.2. The zero-order valence-corrected chi connectivity index (χ0v) is 24.2. The summed E-state index contributed by atoms with van der Waals surface area (Å²) in [5.74, 6) is 0.295. The summed E-state index contributed by atoms with van der Waals surface area (Å²) in [6, 6.07) is 6.03. The van der Waals surface area contributed by atoms with E-state index in [1.165, 1.54) is 19.1 Å². The average molecular weight is 562 g/mol. The quantitative estimate of drug-likeness (QED) is 0.433. The molecule has 1 aromatic carbocycles. The van der Waals surface area contributed by atoms with Crippen LogP contribution in [0.4, 0.5) is 15.9 Å². The van der Waals surface area contributed by atoms with Crippen molar-refractivity contribution < 1.29 is 18.2 Å². The van der Waals surface area contributed by atoms with Crippen LogP contribution in [-0.4, -0.2) is 56.3 Å². The maximum Gasteiger partial charge on any atom is 0.257 e. The summed E-state index contributed by atoms with van der Waals surface area (Å²) in [7, 11) is 1.02. The zero-order valence-electron chi connectivity index (χ0n) is 22.3. The number of carbonyl (C=O) groups is 2. The second-order valence-corrected chi connectivity index (χ2v) is 13.7. The summed E-state index contributed by atoms with van der Waals surface area (Å²) in [5.41, 5.74) is 4.33. The summed E-state index contributed by atoms with van der Waals surface area (Å²) in [5, 5.41) is 9.49. The number of anilines is 2. The Labute approximate surface area is 228 Å². The van der Waals surface area contributed by atoms with Crippen LogP contribution in [0.25, 0.3) is 0 Å². The Morgan fingerprint density at radius 3 is 2.71 bits per heavy atom. The van der Waals surface area contributed by atoms with Gasteiger partial charge in [-0.3, -0.25) is 13.8 Å². The molecule has 1 saturated heterocycles. The maximum absolute atomic E-state index is 14.2. The number of nitrogens with one attached hydrogen (secondary N) is 2. The monoisotopic (exact) mass is 561 g/mol. The first-order chi connectivity index (χ1) is 18.0. The highest BCUT2D eigenvalue weighted by Crippen LogP contribution is 2.40. The van der Waals surface area contributed by atoms with Gasteiger partial charge in [-0.05, 0) is 48.9 Å². The first-order valence-electron chi connectivity index (χ1n) is 13.4. The minimum Gasteiger partial charge on any atom is -0.371 e. The Kier molecular flexibility index (Phi) is 7.66. The van der Waals surface area contributed by atoms with E-state index in [0.717, 1.165) is 29.7 Å². The lowest BCUT2D eigenvalue weighted by Gasteiger charge is -2.45. The molecule has 3 heterocycles. The highest BCUT2D eigenvalue weighted by Gasteiger charge is 2.40. The molecule has 3 unspecified atom stereocenters. The van der Waals surface area contributed by atoms with Crippen LogP contribution in [-0.2, 0) is 35.0 Å². The van der Waals surface area contributed by atoms with Gasteiger partial charge in [-0.25, -0.2) is 9.07 Å². The van der Waals surface area contributed by atoms with Crippen LogP contribution < -0.4 is 15.5 Å². The van der Waals surface area contributed by atoms with Gasteiger partial charge in [0, 0.05) is 54.7 Å². The predicted molar refractivity (Wildman–Crippen MR) is 152 cm³/mol. The first kappa shape index (κ1) is 27.3. The standard InChI is InChI=1S/C27H37FN5O3PS/c1-4-17-11-19(32-13-18(14-32)27(2,28)37)7-8-20(17)21-12-22-24(26(35)29-21)25(30-23(34)15-38(3)36)33(31-22)10-9-16-5-6-16/h7-8,11,16,18,21H,4-6,9-10,12-15,37H2,1-3H3,(H,29,35)(H,30,34)/t21-,27?,38?/m1/s1. The van der Waals surface area contributed by atoms with Crippen LogP contribution in [0.3, 0.4) is 0 Å². The van der Waals surface area contributed by atoms with Gasteiger partial charge in [0.05, 0.1) is 11.7 Å². The van der Waals surface area contributed by atoms with E-state index in [4.69, 9.17) is 5.10 Å². The predicted octanol–water partition coefficient (Wildman–Crippen LogP) is 3.59. The van der Waals surface area contributed by atoms with E-state index < -0.39 is 16.2 Å². The molecule has 11 heteroatoms. The molecule has 1 aliphatic carbocycles. The number of nitrogens with zero attached hydrogens (tertiary/aromatic N) is 3. The number of carbonyl (C=O) groups excluding carboxylic acids is 2. The molecular weight excluding hydrogens is 524 g/mol. The first-order valence-corrected chi connectivity index (χ1v) is 15.7. The molecule has 0 radical (unpaired) electrons. The van der Waals surface area contributed by atoms with Gasteiger partial charge >= 0.3 is 0 Å². The molecule has 5 rings (SSSR count). The van der Waals surface area contributed by atoms with Crippen molar-refractivity contribution in [3.63, 3.8) is 0 Å². The number of hydrogen-bond donors (Lipinski definition) is 2. The number of aryl methyl sites for hydroxylation is 2. The van der Waals surface area contributed by atoms with Gasteiger partial charge in [0.1, 0.15) is 22.5 Å². The van der Waals surface area contributed by atoms with Gasteiger partial charge in [-0.1, -0.05) is 35.1 Å². The van der Waals surface area contributed by atoms with E-state index in [1.54, 1.807) is 11.6 Å². The second-order valence-electron chi connectivity index (χ2n) is 11.1. The summed E-state index contributed by atoms with van der Waals surface area (Å²) in [6.45, 7) is 5.69. The lowest BCUT2D eigenvalue weighted by molar-refractivity contribution is -0.113. The number of amides is 2. The van der Waals surface area contributed by atoms with Crippen LogP contribution >= 0.6 is 9.24 Å². The van der Waals surface area contributed by atoms with Crippen LogP contribution in [0.2, 0.25) is 0 Å². The van der Waals surface area contributed by atoms with Crippen molar-refractivity contribution in [2.45, 2.75) is 63.9 Å². The minimum atomic E-state index is -1.28. The van der Waals surface area contributed by atoms with E-state index in [-0.39, 0.29) is 29.5 Å². The Balaban J connectivity index is 1.38. The third kappa shape index (κ3) is 5.81. The van der Waals surface area contributed by atoms with Gasteiger partial charge in [-0.2, -0.15) is 5.10 Å². The van der Waals surface area contributed by atoms with E-state index in [0.29, 0.717) is 49.0 Å². The molecular formula is C27H37FN5O3PS. The molecule has 3 aliphatic rings. The summed E-state index contributed by atoms with van der Waals surface area (Å²) >= 11 is 0. The Bertz CT molecular complexity index is 1270. The van der Waals surface area contributed by atoms with E-state index in [9.17, 15) is 18.2 Å². The Morgan fingerprint density at radius 1 is 1.34 bits per heavy atom. The number of halogens is 1. The van der Waals surface area contributed by atoms with Crippen LogP contribution in [0.1, 0.15) is 66.3 Å². The molecule has 4 atom stereocenters. The molecule has 38 heavy (non-hydrogen) atoms. The number of alkyl halides is 1. The topological polar surface area (TPSA) is 96.3 Å². The largest absolute Gasteiger partial charge is 0.371 e. The van der Waals surface area contributed by atoms with Crippen molar-refractivity contribution in [2.75, 3.05) is 35.3 Å². The number of aromatic nitrogens is 2. The smallest absolute Gasteiger partial charge is 0.257 e. The molecule has 0 bridgehead atoms. The number of benzene rings is 1. The third-order valence-corrected chi connectivity index (χ3v) is 9.06. The van der Waals surface area contributed by atoms with Gasteiger partial charge in [-0.15, -0.1) is 0 Å². The maximum atomic E-state index is 14.2. The molecule has 2 amide bonds. The molecule has 1 aromatic heterocycles. The third-order valence-electron chi connectivity index (χ3n) is 7.92. The Hall–Kier alpha value is -2.32. The SMILES string of the molecule is CCc1cc(N2CC(C(C)(F)P)C2)ccc1[C@H]1Cc2nn(CCC3CC3)c(NC(=O)CS(C)=O)c2C(=O)N1. The molecule has 2 aliphatic heterocycles. The van der Waals surface area contributed by atoms with E-state index in [1.807, 2.05) is 0 Å². The normalized spacial score (nSPS) is 21.8. The van der Waals surface area contributed by atoms with E-state index in [2.05, 4.69) is 49.9 Å². The van der Waals surface area contributed by atoms with Crippen molar-refractivity contribution in [3.05, 3.63) is 40.6 Å². The second kappa shape index (κ2) is 10.7. The highest BCUT2D eigenvalue weighted by molar-refractivity contribution is 7.85.